The van der Waals surface area contributed by atoms with Crippen LogP contribution >= 0.6 is 0 Å². The van der Waals surface area contributed by atoms with E-state index in [9.17, 15) is 19.5 Å². The highest BCUT2D eigenvalue weighted by Crippen LogP contribution is 2.61. The maximum atomic E-state index is 13.8. The summed E-state index contributed by atoms with van der Waals surface area (Å²) in [5, 5.41) is 12.0. The van der Waals surface area contributed by atoms with Crippen molar-refractivity contribution < 1.29 is 60.1 Å². The van der Waals surface area contributed by atoms with E-state index >= 15 is 0 Å². The molecule has 1 aromatic heterocycles. The fraction of sp³-hybridized carbons (Fsp3) is 0.512. The van der Waals surface area contributed by atoms with Crippen LogP contribution in [0, 0.1) is 29.6 Å². The van der Waals surface area contributed by atoms with Gasteiger partial charge in [0.25, 0.3) is 0 Å². The molecule has 1 N–H and O–H groups in total. The number of carbonyl (C=O) groups excluding carboxylic acids is 3. The van der Waals surface area contributed by atoms with Crippen LogP contribution in [0.2, 0.25) is 0 Å². The maximum absolute atomic E-state index is 13.8. The summed E-state index contributed by atoms with van der Waals surface area (Å²) in [7, 11) is 3.42. The van der Waals surface area contributed by atoms with Gasteiger partial charge in [-0.2, -0.15) is 0 Å². The molecule has 12 heteroatoms. The number of benzene rings is 1. The molecule has 3 heterocycles. The number of nitrogens with zero attached hydrogens (tertiary/aromatic N) is 2. The molecule has 12 atom stereocenters. The van der Waals surface area contributed by atoms with Gasteiger partial charge in [0.2, 0.25) is 6.33 Å². The number of cyclic esters (lactones) is 1. The topological polar surface area (TPSA) is 126 Å². The molecule has 53 heavy (non-hydrogen) atoms. The highest BCUT2D eigenvalue weighted by atomic mass is 35.5. The summed E-state index contributed by atoms with van der Waals surface area (Å²) in [4.78, 5) is 40.5. The van der Waals surface area contributed by atoms with Crippen molar-refractivity contribution in [3.63, 3.8) is 0 Å². The quantitative estimate of drug-likeness (QED) is 0.184. The van der Waals surface area contributed by atoms with E-state index in [4.69, 9.17) is 23.7 Å². The summed E-state index contributed by atoms with van der Waals surface area (Å²) < 4.78 is 35.1. The zero-order valence-electron chi connectivity index (χ0n) is 31.0. The van der Waals surface area contributed by atoms with Crippen molar-refractivity contribution in [2.24, 2.45) is 36.6 Å². The zero-order valence-corrected chi connectivity index (χ0v) is 31.7. The van der Waals surface area contributed by atoms with E-state index in [0.717, 1.165) is 11.1 Å². The van der Waals surface area contributed by atoms with Crippen molar-refractivity contribution in [3.05, 3.63) is 102 Å². The third kappa shape index (κ3) is 7.04. The second-order valence-corrected chi connectivity index (χ2v) is 15.1. The molecule has 11 nitrogen and oxygen atoms in total. The summed E-state index contributed by atoms with van der Waals surface area (Å²) in [6.45, 7) is 8.13. The Morgan fingerprint density at radius 1 is 1.19 bits per heavy atom. The van der Waals surface area contributed by atoms with Crippen molar-refractivity contribution in [3.8, 4) is 0 Å². The number of hydrogen-bond donors (Lipinski definition) is 1. The summed E-state index contributed by atoms with van der Waals surface area (Å²) in [5.41, 5.74) is 1.77. The Bertz CT molecular complexity index is 1850. The molecule has 5 aliphatic rings. The van der Waals surface area contributed by atoms with Crippen LogP contribution in [0.1, 0.15) is 56.5 Å². The van der Waals surface area contributed by atoms with Crippen LogP contribution in [0.15, 0.2) is 90.6 Å². The lowest BCUT2D eigenvalue weighted by atomic mass is 9.57. The van der Waals surface area contributed by atoms with Crippen molar-refractivity contribution in [2.45, 2.75) is 89.3 Å². The molecule has 0 amide bonds. The molecule has 2 fully saturated rings. The van der Waals surface area contributed by atoms with Gasteiger partial charge >= 0.3 is 17.9 Å². The highest BCUT2D eigenvalue weighted by molar-refractivity contribution is 5.90. The second-order valence-electron chi connectivity index (χ2n) is 15.1. The Balaban J connectivity index is 0.00000481. The van der Waals surface area contributed by atoms with Crippen LogP contribution in [0.3, 0.4) is 0 Å². The summed E-state index contributed by atoms with van der Waals surface area (Å²) in [6.07, 6.45) is 13.6. The predicted molar refractivity (Wildman–Crippen MR) is 188 cm³/mol. The van der Waals surface area contributed by atoms with Gasteiger partial charge in [0, 0.05) is 42.3 Å². The minimum atomic E-state index is -1.00. The summed E-state index contributed by atoms with van der Waals surface area (Å²) in [6, 6.07) is 7.30. The monoisotopic (exact) mass is 748 g/mol. The van der Waals surface area contributed by atoms with Gasteiger partial charge in [-0.3, -0.25) is 0 Å². The van der Waals surface area contributed by atoms with E-state index in [1.165, 1.54) is 7.11 Å². The van der Waals surface area contributed by atoms with Gasteiger partial charge in [-0.15, -0.1) is 0 Å². The number of esters is 3. The van der Waals surface area contributed by atoms with Gasteiger partial charge < -0.3 is 41.2 Å². The number of rotatable bonds is 8. The highest BCUT2D eigenvalue weighted by Gasteiger charge is 2.69. The normalized spacial score (nSPS) is 35.9. The molecule has 2 aliphatic heterocycles. The van der Waals surface area contributed by atoms with Gasteiger partial charge in [-0.25, -0.2) is 23.5 Å². The van der Waals surface area contributed by atoms with Crippen molar-refractivity contribution in [1.82, 2.24) is 4.57 Å². The van der Waals surface area contributed by atoms with Gasteiger partial charge in [0.15, 0.2) is 6.10 Å². The lowest BCUT2D eigenvalue weighted by Crippen LogP contribution is -3.00. The molecule has 3 aliphatic carbocycles. The van der Waals surface area contributed by atoms with Crippen LogP contribution in [-0.4, -0.2) is 76.9 Å². The molecule has 1 saturated carbocycles. The van der Waals surface area contributed by atoms with E-state index in [2.05, 4.69) is 12.2 Å². The second kappa shape index (κ2) is 15.4. The van der Waals surface area contributed by atoms with Crippen molar-refractivity contribution in [1.29, 1.82) is 0 Å². The molecule has 1 saturated heterocycles. The Morgan fingerprint density at radius 3 is 2.68 bits per heavy atom. The molecular weight excluding hydrogens is 700 g/mol. The van der Waals surface area contributed by atoms with Crippen LogP contribution in [0.5, 0.6) is 0 Å². The number of ether oxygens (including phenoxy) is 5. The first-order chi connectivity index (χ1) is 24.9. The molecule has 1 aromatic carbocycles. The summed E-state index contributed by atoms with van der Waals surface area (Å²) >= 11 is 0. The number of aromatic nitrogens is 2. The molecule has 7 rings (SSSR count). The smallest absolute Gasteiger partial charge is 0.338 e. The van der Waals surface area contributed by atoms with Crippen LogP contribution in [0.4, 0.5) is 0 Å². The SMILES string of the molecule is CO[C@H]1CC2C=C[C@H]3[C@H]4O[C@]2(/C(C)=C/[C@@H](C)[C@@H]([C@@H](C)OC(=O)c2cccc(Cn5cc[n+](C)c5)c2)OC1=O)[C@@H]3[C@H](O)[C@@H](C)[C@H]4OC(=O)C1=CC=CC1.[Cl-]. The average molecular weight is 749 g/mol. The standard InChI is InChI=1S/C41H49N2O9.ClH/c1-23-18-24(2)41-30(14-15-31-33(41)34(44)25(3)36(37(31)52-41)51-38(45)28-11-7-8-12-28)20-32(48-6)40(47)50-35(23)26(4)49-39(46)29-13-9-10-27(19-29)21-43-17-16-42(5)22-43;/h7-11,13-19,22-23,25-26,30-37,44H,12,20-21H2,1-6H3;1H/q+1;/p-1/b24-18+;/t23-,25-,26-,30?,31-,32+,33+,34-,35+,36-,37-,41+;/m1./s1. The zero-order chi connectivity index (χ0) is 36.9. The first kappa shape index (κ1) is 38.7. The van der Waals surface area contributed by atoms with Crippen LogP contribution < -0.4 is 17.0 Å². The van der Waals surface area contributed by atoms with E-state index < -0.39 is 72.0 Å². The third-order valence-electron chi connectivity index (χ3n) is 11.8. The van der Waals surface area contributed by atoms with E-state index in [-0.39, 0.29) is 36.6 Å². The number of aliphatic hydroxyl groups is 1. The molecule has 1 spiro atoms. The maximum Gasteiger partial charge on any atom is 0.338 e. The first-order valence-corrected chi connectivity index (χ1v) is 18.2. The Hall–Kier alpha value is -4.03. The fourth-order valence-corrected chi connectivity index (χ4v) is 9.19. The summed E-state index contributed by atoms with van der Waals surface area (Å²) in [5.74, 6) is -3.21. The lowest BCUT2D eigenvalue weighted by molar-refractivity contribution is -0.671. The molecule has 1 unspecified atom stereocenters. The average Bonchev–Trinajstić information content (AvgIpc) is 3.85. The molecule has 4 bridgehead atoms. The number of hydrogen-bond acceptors (Lipinski definition) is 9. The predicted octanol–water partition coefficient (Wildman–Crippen LogP) is 1.19. The number of imidazole rings is 1. The number of halogens is 1. The number of carbonyl (C=O) groups is 3. The van der Waals surface area contributed by atoms with Gasteiger partial charge in [0.05, 0.1) is 18.7 Å². The van der Waals surface area contributed by atoms with Gasteiger partial charge in [-0.1, -0.05) is 62.4 Å². The van der Waals surface area contributed by atoms with Gasteiger partial charge in [0.1, 0.15) is 49.0 Å². The van der Waals surface area contributed by atoms with Crippen molar-refractivity contribution in [2.75, 3.05) is 7.11 Å². The van der Waals surface area contributed by atoms with E-state index in [1.54, 1.807) is 19.1 Å². The lowest BCUT2D eigenvalue weighted by Gasteiger charge is -2.49. The number of aliphatic hydroxyl groups excluding tert-OH is 1. The van der Waals surface area contributed by atoms with Crippen molar-refractivity contribution >= 4 is 17.9 Å². The molecular formula is C41H49ClN2O9. The Morgan fingerprint density at radius 2 is 1.98 bits per heavy atom. The third-order valence-corrected chi connectivity index (χ3v) is 11.8. The van der Waals surface area contributed by atoms with Crippen LogP contribution in [-0.2, 0) is 46.9 Å². The van der Waals surface area contributed by atoms with E-state index in [0.29, 0.717) is 24.1 Å². The minimum Gasteiger partial charge on any atom is -1.00 e. The number of aryl methyl sites for hydroxylation is 1. The fourth-order valence-electron chi connectivity index (χ4n) is 9.19. The number of methoxy groups -OCH3 is 1. The molecule has 0 radical (unpaired) electrons. The van der Waals surface area contributed by atoms with Crippen LogP contribution in [0.25, 0.3) is 0 Å². The minimum absolute atomic E-state index is 0. The largest absolute Gasteiger partial charge is 1.00 e. The number of allylic oxidation sites excluding steroid dienone is 3. The van der Waals surface area contributed by atoms with Gasteiger partial charge in [-0.05, 0) is 50.0 Å². The molecule has 2 aromatic rings. The Kier molecular flexibility index (Phi) is 11.2. The Labute approximate surface area is 316 Å². The van der Waals surface area contributed by atoms with E-state index in [1.807, 2.05) is 92.1 Å². The first-order valence-electron chi connectivity index (χ1n) is 18.2. The molecule has 284 valence electrons.